The van der Waals surface area contributed by atoms with Crippen LogP contribution in [-0.4, -0.2) is 41.0 Å². The molecular formula is C20H23N3O3. The lowest BCUT2D eigenvalue weighted by atomic mass is 9.80. The molecule has 4 rings (SSSR count). The number of methoxy groups -OCH3 is 1. The average molecular weight is 353 g/mol. The number of nitrogens with zero attached hydrogens (tertiary/aromatic N) is 2. The first kappa shape index (κ1) is 16.8. The number of amides is 1. The van der Waals surface area contributed by atoms with Gasteiger partial charge in [-0.3, -0.25) is 9.59 Å². The van der Waals surface area contributed by atoms with E-state index in [1.807, 2.05) is 36.1 Å². The van der Waals surface area contributed by atoms with Crippen molar-refractivity contribution in [3.05, 3.63) is 57.3 Å². The number of benzene rings is 1. The molecule has 6 nitrogen and oxygen atoms in total. The van der Waals surface area contributed by atoms with Gasteiger partial charge >= 0.3 is 0 Å². The third-order valence-corrected chi connectivity index (χ3v) is 5.57. The zero-order valence-electron chi connectivity index (χ0n) is 15.1. The highest BCUT2D eigenvalue weighted by Gasteiger charge is 2.41. The Bertz CT molecular complexity index is 905. The van der Waals surface area contributed by atoms with E-state index in [2.05, 4.69) is 9.97 Å². The molecule has 2 aromatic rings. The highest BCUT2D eigenvalue weighted by atomic mass is 16.5. The summed E-state index contributed by atoms with van der Waals surface area (Å²) in [5.41, 5.74) is 2.64. The molecule has 6 heteroatoms. The van der Waals surface area contributed by atoms with Gasteiger partial charge in [-0.25, -0.2) is 4.98 Å². The normalized spacial score (nSPS) is 21.2. The lowest BCUT2D eigenvalue weighted by Gasteiger charge is -2.25. The van der Waals surface area contributed by atoms with Crippen LogP contribution in [-0.2, 0) is 17.6 Å². The summed E-state index contributed by atoms with van der Waals surface area (Å²) >= 11 is 0. The highest BCUT2D eigenvalue weighted by Crippen LogP contribution is 2.39. The maximum Gasteiger partial charge on any atom is 0.254 e. The van der Waals surface area contributed by atoms with Crippen LogP contribution in [0.25, 0.3) is 0 Å². The molecule has 1 aromatic carbocycles. The van der Waals surface area contributed by atoms with Gasteiger partial charge in [-0.05, 0) is 43.4 Å². The highest BCUT2D eigenvalue weighted by molar-refractivity contribution is 5.79. The number of hydrogen-bond acceptors (Lipinski definition) is 4. The summed E-state index contributed by atoms with van der Waals surface area (Å²) in [4.78, 5) is 34.3. The zero-order chi connectivity index (χ0) is 18.3. The first-order valence-corrected chi connectivity index (χ1v) is 9.05. The second-order valence-corrected chi connectivity index (χ2v) is 7.25. The number of nitrogens with one attached hydrogen (secondary N) is 1. The molecule has 0 unspecified atom stereocenters. The minimum Gasteiger partial charge on any atom is -0.497 e. The number of likely N-dealkylation sites (tertiary alicyclic amines) is 1. The van der Waals surface area contributed by atoms with Crippen LogP contribution < -0.4 is 10.3 Å². The van der Waals surface area contributed by atoms with Crippen molar-refractivity contribution in [2.24, 2.45) is 5.92 Å². The molecule has 1 aliphatic carbocycles. The summed E-state index contributed by atoms with van der Waals surface area (Å²) in [5.74, 6) is 2.10. The number of H-pyrrole nitrogens is 1. The van der Waals surface area contributed by atoms with E-state index in [-0.39, 0.29) is 17.4 Å². The molecule has 0 saturated carbocycles. The number of carbonyl (C=O) groups excluding carboxylic acids is 1. The molecule has 1 aliphatic heterocycles. The number of aryl methyl sites for hydroxylation is 1. The second-order valence-electron chi connectivity index (χ2n) is 7.25. The molecule has 0 radical (unpaired) electrons. The Morgan fingerprint density at radius 3 is 3.04 bits per heavy atom. The molecule has 26 heavy (non-hydrogen) atoms. The molecule has 1 N–H and O–H groups in total. The molecule has 1 fully saturated rings. The van der Waals surface area contributed by atoms with Gasteiger partial charge in [0.15, 0.2) is 0 Å². The molecule has 2 atom stereocenters. The molecule has 136 valence electrons. The van der Waals surface area contributed by atoms with Crippen LogP contribution in [0.1, 0.15) is 35.0 Å². The van der Waals surface area contributed by atoms with Crippen molar-refractivity contribution in [3.63, 3.8) is 0 Å². The molecule has 2 aliphatic rings. The Labute approximate surface area is 152 Å². The predicted molar refractivity (Wildman–Crippen MR) is 97.4 cm³/mol. The Kier molecular flexibility index (Phi) is 4.26. The second kappa shape index (κ2) is 6.59. The van der Waals surface area contributed by atoms with Gasteiger partial charge in [0.05, 0.1) is 19.2 Å². The summed E-state index contributed by atoms with van der Waals surface area (Å²) < 4.78 is 5.23. The number of ether oxygens (including phenoxy) is 1. The van der Waals surface area contributed by atoms with Crippen LogP contribution in [0.2, 0.25) is 0 Å². The van der Waals surface area contributed by atoms with E-state index in [9.17, 15) is 9.59 Å². The third-order valence-electron chi connectivity index (χ3n) is 5.57. The van der Waals surface area contributed by atoms with Crippen LogP contribution in [0.15, 0.2) is 29.1 Å². The van der Waals surface area contributed by atoms with Gasteiger partial charge in [0.2, 0.25) is 5.91 Å². The number of aromatic nitrogens is 2. The number of rotatable bonds is 3. The van der Waals surface area contributed by atoms with Crippen molar-refractivity contribution >= 4 is 5.91 Å². The van der Waals surface area contributed by atoms with E-state index in [0.717, 1.165) is 42.0 Å². The Morgan fingerprint density at radius 2 is 2.23 bits per heavy atom. The molecule has 1 aromatic heterocycles. The van der Waals surface area contributed by atoms with Gasteiger partial charge in [0.25, 0.3) is 5.56 Å². The maximum absolute atomic E-state index is 12.8. The van der Waals surface area contributed by atoms with Crippen molar-refractivity contribution in [1.82, 2.24) is 14.9 Å². The Balaban J connectivity index is 1.52. The van der Waals surface area contributed by atoms with Crippen molar-refractivity contribution in [3.8, 4) is 5.75 Å². The molecule has 1 saturated heterocycles. The van der Waals surface area contributed by atoms with Crippen molar-refractivity contribution < 1.29 is 9.53 Å². The van der Waals surface area contributed by atoms with E-state index in [1.165, 1.54) is 0 Å². The maximum atomic E-state index is 12.8. The minimum atomic E-state index is -0.0212. The van der Waals surface area contributed by atoms with Crippen molar-refractivity contribution in [1.29, 1.82) is 0 Å². The van der Waals surface area contributed by atoms with E-state index >= 15 is 0 Å². The lowest BCUT2D eigenvalue weighted by molar-refractivity contribution is -0.129. The summed E-state index contributed by atoms with van der Waals surface area (Å²) in [6.45, 7) is 3.21. The fourth-order valence-electron chi connectivity index (χ4n) is 4.26. The van der Waals surface area contributed by atoms with Gasteiger partial charge in [0.1, 0.15) is 11.6 Å². The van der Waals surface area contributed by atoms with Crippen molar-refractivity contribution in [2.45, 2.75) is 32.1 Å². The van der Waals surface area contributed by atoms with E-state index in [4.69, 9.17) is 4.74 Å². The van der Waals surface area contributed by atoms with Gasteiger partial charge in [-0.2, -0.15) is 0 Å². The molecule has 0 bridgehead atoms. The lowest BCUT2D eigenvalue weighted by Crippen LogP contribution is -2.30. The van der Waals surface area contributed by atoms with E-state index < -0.39 is 0 Å². The SMILES string of the molecule is COc1cccc(CC(=O)N2C[C@H]3CCc4c(nc(C)[nH]c4=O)[C@H]3C2)c1. The van der Waals surface area contributed by atoms with Gasteiger partial charge < -0.3 is 14.6 Å². The van der Waals surface area contributed by atoms with Crippen molar-refractivity contribution in [2.75, 3.05) is 20.2 Å². The first-order chi connectivity index (χ1) is 12.5. The topological polar surface area (TPSA) is 75.3 Å². The first-order valence-electron chi connectivity index (χ1n) is 9.05. The summed E-state index contributed by atoms with van der Waals surface area (Å²) in [6.07, 6.45) is 2.05. The van der Waals surface area contributed by atoms with E-state index in [0.29, 0.717) is 24.7 Å². The molecule has 2 heterocycles. The standard InChI is InChI=1S/C20H23N3O3/c1-12-21-19-16(20(25)22-12)7-6-14-10-23(11-17(14)19)18(24)9-13-4-3-5-15(8-13)26-2/h3-5,8,14,17H,6-7,9-11H2,1-2H3,(H,21,22,25)/t14-,17+/m1/s1. The van der Waals surface area contributed by atoms with Crippen LogP contribution >= 0.6 is 0 Å². The molecule has 0 spiro atoms. The van der Waals surface area contributed by atoms with Crippen LogP contribution in [0.3, 0.4) is 0 Å². The largest absolute Gasteiger partial charge is 0.497 e. The van der Waals surface area contributed by atoms with Crippen LogP contribution in [0.4, 0.5) is 0 Å². The number of hydrogen-bond donors (Lipinski definition) is 1. The molecular weight excluding hydrogens is 330 g/mol. The summed E-state index contributed by atoms with van der Waals surface area (Å²) in [5, 5.41) is 0. The molecule has 1 amide bonds. The Hall–Kier alpha value is -2.63. The fraction of sp³-hybridized carbons (Fsp3) is 0.450. The average Bonchev–Trinajstić information content (AvgIpc) is 3.06. The fourth-order valence-corrected chi connectivity index (χ4v) is 4.26. The van der Waals surface area contributed by atoms with Crippen LogP contribution in [0, 0.1) is 12.8 Å². The zero-order valence-corrected chi connectivity index (χ0v) is 15.1. The number of carbonyl (C=O) groups is 1. The monoisotopic (exact) mass is 353 g/mol. The number of fused-ring (bicyclic) bond motifs is 3. The minimum absolute atomic E-state index is 0.0212. The predicted octanol–water partition coefficient (Wildman–Crippen LogP) is 1.82. The summed E-state index contributed by atoms with van der Waals surface area (Å²) in [7, 11) is 1.63. The van der Waals surface area contributed by atoms with Gasteiger partial charge in [-0.1, -0.05) is 12.1 Å². The quantitative estimate of drug-likeness (QED) is 0.913. The van der Waals surface area contributed by atoms with Crippen LogP contribution in [0.5, 0.6) is 5.75 Å². The third kappa shape index (κ3) is 3.00. The summed E-state index contributed by atoms with van der Waals surface area (Å²) in [6, 6.07) is 7.63. The van der Waals surface area contributed by atoms with E-state index in [1.54, 1.807) is 7.11 Å². The van der Waals surface area contributed by atoms with Gasteiger partial charge in [0, 0.05) is 24.6 Å². The Morgan fingerprint density at radius 1 is 1.38 bits per heavy atom. The smallest absolute Gasteiger partial charge is 0.254 e. The van der Waals surface area contributed by atoms with Gasteiger partial charge in [-0.15, -0.1) is 0 Å². The number of aromatic amines is 1.